The van der Waals surface area contributed by atoms with Gasteiger partial charge in [0.25, 0.3) is 0 Å². The van der Waals surface area contributed by atoms with Crippen LogP contribution < -0.4 is 5.48 Å². The molecule has 0 atom stereocenters. The third kappa shape index (κ3) is 9.14. The Bertz CT molecular complexity index is 128. The van der Waals surface area contributed by atoms with Crippen molar-refractivity contribution in [1.29, 1.82) is 0 Å². The summed E-state index contributed by atoms with van der Waals surface area (Å²) in [6.45, 7) is 2.56. The van der Waals surface area contributed by atoms with Crippen LogP contribution >= 0.6 is 0 Å². The van der Waals surface area contributed by atoms with Crippen LogP contribution in [-0.4, -0.2) is 17.9 Å². The summed E-state index contributed by atoms with van der Waals surface area (Å²) in [7, 11) is 0. The average Bonchev–Trinajstić information content (AvgIpc) is 2.16. The molecule has 0 rings (SSSR count). The number of amides is 1. The molecule has 0 aromatic heterocycles. The standard InChI is InChI=1S/C9H19NO3/c1-2-3-4-5-6-7-8-13-9(11)10-12/h12H,2-8H2,1H3,(H,10,11). The minimum atomic E-state index is -0.770. The van der Waals surface area contributed by atoms with Crippen molar-refractivity contribution in [1.82, 2.24) is 5.48 Å². The minimum Gasteiger partial charge on any atom is -0.448 e. The quantitative estimate of drug-likeness (QED) is 0.367. The Morgan fingerprint density at radius 2 is 1.85 bits per heavy atom. The summed E-state index contributed by atoms with van der Waals surface area (Å²) in [5.41, 5.74) is 1.42. The molecule has 0 heterocycles. The Labute approximate surface area is 79.2 Å². The van der Waals surface area contributed by atoms with E-state index in [1.807, 2.05) is 0 Å². The van der Waals surface area contributed by atoms with Crippen LogP contribution in [0.4, 0.5) is 4.79 Å². The summed E-state index contributed by atoms with van der Waals surface area (Å²) in [6, 6.07) is 0. The third-order valence-corrected chi connectivity index (χ3v) is 1.82. The van der Waals surface area contributed by atoms with Gasteiger partial charge in [-0.15, -0.1) is 0 Å². The summed E-state index contributed by atoms with van der Waals surface area (Å²) in [6.07, 6.45) is 6.14. The fraction of sp³-hybridized carbons (Fsp3) is 0.889. The highest BCUT2D eigenvalue weighted by molar-refractivity contribution is 5.65. The van der Waals surface area contributed by atoms with Crippen molar-refractivity contribution >= 4 is 6.09 Å². The van der Waals surface area contributed by atoms with E-state index in [1.165, 1.54) is 31.2 Å². The van der Waals surface area contributed by atoms with Gasteiger partial charge in [-0.3, -0.25) is 5.21 Å². The zero-order valence-corrected chi connectivity index (χ0v) is 8.21. The zero-order chi connectivity index (χ0) is 9.94. The predicted molar refractivity (Wildman–Crippen MR) is 49.6 cm³/mol. The molecule has 4 heteroatoms. The van der Waals surface area contributed by atoms with Gasteiger partial charge >= 0.3 is 6.09 Å². The molecule has 0 aliphatic heterocycles. The van der Waals surface area contributed by atoms with Gasteiger partial charge in [0.05, 0.1) is 6.61 Å². The fourth-order valence-electron chi connectivity index (χ4n) is 1.08. The Morgan fingerprint density at radius 1 is 1.23 bits per heavy atom. The molecular formula is C9H19NO3. The van der Waals surface area contributed by atoms with E-state index in [0.29, 0.717) is 6.61 Å². The molecule has 78 valence electrons. The van der Waals surface area contributed by atoms with E-state index in [1.54, 1.807) is 0 Å². The monoisotopic (exact) mass is 189 g/mol. The lowest BCUT2D eigenvalue weighted by atomic mass is 10.1. The van der Waals surface area contributed by atoms with Crippen LogP contribution in [0.3, 0.4) is 0 Å². The first kappa shape index (κ1) is 12.2. The van der Waals surface area contributed by atoms with Crippen molar-refractivity contribution in [2.75, 3.05) is 6.61 Å². The molecule has 0 aliphatic carbocycles. The van der Waals surface area contributed by atoms with Crippen LogP contribution in [0.15, 0.2) is 0 Å². The zero-order valence-electron chi connectivity index (χ0n) is 8.21. The molecule has 0 spiro atoms. The van der Waals surface area contributed by atoms with Crippen molar-refractivity contribution in [3.63, 3.8) is 0 Å². The Hall–Kier alpha value is -0.770. The smallest absolute Gasteiger partial charge is 0.431 e. The fourth-order valence-corrected chi connectivity index (χ4v) is 1.08. The summed E-state index contributed by atoms with van der Waals surface area (Å²) < 4.78 is 4.60. The molecule has 0 bridgehead atoms. The number of hydrogen-bond donors (Lipinski definition) is 2. The van der Waals surface area contributed by atoms with Crippen LogP contribution in [0, 0.1) is 0 Å². The summed E-state index contributed by atoms with van der Waals surface area (Å²) in [5.74, 6) is 0. The minimum absolute atomic E-state index is 0.387. The van der Waals surface area contributed by atoms with Crippen LogP contribution in [0.2, 0.25) is 0 Å². The normalized spacial score (nSPS) is 9.69. The molecule has 0 radical (unpaired) electrons. The van der Waals surface area contributed by atoms with E-state index in [9.17, 15) is 4.79 Å². The van der Waals surface area contributed by atoms with Crippen molar-refractivity contribution < 1.29 is 14.7 Å². The summed E-state index contributed by atoms with van der Waals surface area (Å²) in [4.78, 5) is 10.4. The highest BCUT2D eigenvalue weighted by atomic mass is 16.6. The Balaban J connectivity index is 2.95. The maximum atomic E-state index is 10.4. The number of carbonyl (C=O) groups excluding carboxylic acids is 1. The largest absolute Gasteiger partial charge is 0.448 e. The first-order valence-electron chi connectivity index (χ1n) is 4.88. The lowest BCUT2D eigenvalue weighted by Crippen LogP contribution is -2.20. The van der Waals surface area contributed by atoms with E-state index < -0.39 is 6.09 Å². The number of carbonyl (C=O) groups is 1. The van der Waals surface area contributed by atoms with E-state index in [0.717, 1.165) is 12.8 Å². The number of unbranched alkanes of at least 4 members (excludes halogenated alkanes) is 5. The molecule has 13 heavy (non-hydrogen) atoms. The van der Waals surface area contributed by atoms with Crippen molar-refractivity contribution in [2.45, 2.75) is 45.4 Å². The molecule has 0 aliphatic rings. The second-order valence-corrected chi connectivity index (χ2v) is 3.02. The van der Waals surface area contributed by atoms with Gasteiger partial charge in [0.1, 0.15) is 0 Å². The van der Waals surface area contributed by atoms with Gasteiger partial charge in [0.2, 0.25) is 0 Å². The lowest BCUT2D eigenvalue weighted by molar-refractivity contribution is 0.0878. The number of hydrogen-bond acceptors (Lipinski definition) is 3. The molecular weight excluding hydrogens is 170 g/mol. The second kappa shape index (κ2) is 9.32. The molecule has 0 aromatic carbocycles. The summed E-state index contributed by atoms with van der Waals surface area (Å²) in [5, 5.41) is 8.08. The Kier molecular flexibility index (Phi) is 8.77. The third-order valence-electron chi connectivity index (χ3n) is 1.82. The molecule has 4 nitrogen and oxygen atoms in total. The van der Waals surface area contributed by atoms with E-state index >= 15 is 0 Å². The number of hydroxylamine groups is 1. The van der Waals surface area contributed by atoms with Crippen molar-refractivity contribution in [2.24, 2.45) is 0 Å². The van der Waals surface area contributed by atoms with Gasteiger partial charge in [-0.2, -0.15) is 0 Å². The van der Waals surface area contributed by atoms with Gasteiger partial charge in [-0.25, -0.2) is 10.3 Å². The topological polar surface area (TPSA) is 58.6 Å². The van der Waals surface area contributed by atoms with Crippen LogP contribution in [0.25, 0.3) is 0 Å². The Morgan fingerprint density at radius 3 is 2.46 bits per heavy atom. The number of rotatable bonds is 7. The number of ether oxygens (including phenoxy) is 1. The van der Waals surface area contributed by atoms with Gasteiger partial charge in [0, 0.05) is 0 Å². The lowest BCUT2D eigenvalue weighted by Gasteiger charge is -2.02. The van der Waals surface area contributed by atoms with Crippen molar-refractivity contribution in [3.8, 4) is 0 Å². The SMILES string of the molecule is CCCCCCCCOC(=O)NO. The van der Waals surface area contributed by atoms with E-state index in [2.05, 4.69) is 11.7 Å². The van der Waals surface area contributed by atoms with Gasteiger partial charge < -0.3 is 4.74 Å². The molecule has 1 amide bonds. The number of nitrogens with one attached hydrogen (secondary N) is 1. The second-order valence-electron chi connectivity index (χ2n) is 3.02. The van der Waals surface area contributed by atoms with Crippen LogP contribution in [0.1, 0.15) is 45.4 Å². The van der Waals surface area contributed by atoms with Gasteiger partial charge in [-0.1, -0.05) is 39.0 Å². The first-order valence-corrected chi connectivity index (χ1v) is 4.88. The molecule has 0 saturated carbocycles. The maximum Gasteiger partial charge on any atom is 0.431 e. The van der Waals surface area contributed by atoms with Crippen molar-refractivity contribution in [3.05, 3.63) is 0 Å². The van der Waals surface area contributed by atoms with E-state index in [-0.39, 0.29) is 0 Å². The first-order chi connectivity index (χ1) is 6.31. The summed E-state index contributed by atoms with van der Waals surface area (Å²) >= 11 is 0. The average molecular weight is 189 g/mol. The van der Waals surface area contributed by atoms with Crippen LogP contribution in [-0.2, 0) is 4.74 Å². The van der Waals surface area contributed by atoms with Crippen LogP contribution in [0.5, 0.6) is 0 Å². The van der Waals surface area contributed by atoms with Gasteiger partial charge in [0.15, 0.2) is 0 Å². The predicted octanol–water partition coefficient (Wildman–Crippen LogP) is 2.46. The highest BCUT2D eigenvalue weighted by Crippen LogP contribution is 2.04. The molecule has 0 unspecified atom stereocenters. The maximum absolute atomic E-state index is 10.4. The molecule has 0 fully saturated rings. The molecule has 2 N–H and O–H groups in total. The van der Waals surface area contributed by atoms with E-state index in [4.69, 9.17) is 5.21 Å². The molecule has 0 aromatic rings. The molecule has 0 saturated heterocycles. The van der Waals surface area contributed by atoms with Gasteiger partial charge in [-0.05, 0) is 6.42 Å². The highest BCUT2D eigenvalue weighted by Gasteiger charge is 1.97.